The molecular weight excluding hydrogens is 400 g/mol. The van der Waals surface area contributed by atoms with Gasteiger partial charge in [0, 0.05) is 0 Å². The van der Waals surface area contributed by atoms with Crippen LogP contribution in [-0.2, 0) is 29.1 Å². The predicted molar refractivity (Wildman–Crippen MR) is 66.7 cm³/mol. The van der Waals surface area contributed by atoms with Crippen molar-refractivity contribution < 1.29 is 29.1 Å². The fraction of sp³-hybridized carbons (Fsp3) is 0.500. The summed E-state index contributed by atoms with van der Waals surface area (Å²) in [5.41, 5.74) is 4.28. The number of hydrogen-bond donors (Lipinski definition) is 0. The Bertz CT molecular complexity index is 669. The summed E-state index contributed by atoms with van der Waals surface area (Å²) in [6.45, 7) is 10.1. The molecule has 0 N–H and O–H groups in total. The second-order valence-electron chi connectivity index (χ2n) is 5.11. The molecule has 0 aliphatic heterocycles. The molecule has 0 aromatic carbocycles. The summed E-state index contributed by atoms with van der Waals surface area (Å²) in [4.78, 5) is 33.1. The van der Waals surface area contributed by atoms with Gasteiger partial charge in [0.05, 0.1) is 0 Å². The molecule has 0 heterocycles. The summed E-state index contributed by atoms with van der Waals surface area (Å²) in [7, 11) is 0. The normalized spacial score (nSPS) is 18.5. The summed E-state index contributed by atoms with van der Waals surface area (Å²) >= 11 is -4.26. The Balaban J connectivity index is 3.57. The Labute approximate surface area is 109 Å². The van der Waals surface area contributed by atoms with E-state index in [4.69, 9.17) is 0 Å². The maximum atomic E-state index is 11.0. The van der Waals surface area contributed by atoms with Gasteiger partial charge in [0.2, 0.25) is 0 Å². The van der Waals surface area contributed by atoms with E-state index in [9.17, 15) is 14.4 Å². The fourth-order valence-electron chi connectivity index (χ4n) is 2.32. The van der Waals surface area contributed by atoms with Crippen molar-refractivity contribution in [2.24, 2.45) is 5.41 Å². The van der Waals surface area contributed by atoms with E-state index < -0.39 is 14.7 Å². The zero-order chi connectivity index (χ0) is 14.1. The second-order valence-corrected chi connectivity index (χ2v) is 13.3. The fourth-order valence-corrected chi connectivity index (χ4v) is 6.95. The van der Waals surface area contributed by atoms with Crippen LogP contribution in [0, 0.1) is 5.41 Å². The van der Waals surface area contributed by atoms with Crippen LogP contribution in [0.1, 0.15) is 34.6 Å². The van der Waals surface area contributed by atoms with Gasteiger partial charge in [-0.05, 0) is 0 Å². The van der Waals surface area contributed by atoms with Gasteiger partial charge in [0.15, 0.2) is 0 Å². The molecular formula is C14H17O3W. The van der Waals surface area contributed by atoms with Gasteiger partial charge < -0.3 is 0 Å². The van der Waals surface area contributed by atoms with E-state index in [-0.39, 0.29) is 10.2 Å². The Hall–Kier alpha value is -1.09. The van der Waals surface area contributed by atoms with Crippen LogP contribution in [0.15, 0.2) is 22.3 Å². The minimum absolute atomic E-state index is 0.208. The standard InChI is InChI=1S/C11H17.3CO.W/c1-7-8(2)10(4)11(5,6)9(7)3;3*1-2;/h3H2,1-2,4-6H3;;;;. The predicted octanol–water partition coefficient (Wildman–Crippen LogP) is 2.45. The first-order valence-corrected chi connectivity index (χ1v) is 12.1. The van der Waals surface area contributed by atoms with Gasteiger partial charge >= 0.3 is 109 Å². The molecule has 0 radical (unpaired) electrons. The third-order valence-electron chi connectivity index (χ3n) is 4.06. The molecule has 0 bridgehead atoms. The van der Waals surface area contributed by atoms with Gasteiger partial charge in [-0.15, -0.1) is 0 Å². The second kappa shape index (κ2) is 4.88. The first-order valence-electron chi connectivity index (χ1n) is 5.62. The zero-order valence-corrected chi connectivity index (χ0v) is 14.3. The van der Waals surface area contributed by atoms with E-state index in [2.05, 4.69) is 13.8 Å². The molecule has 0 aromatic heterocycles. The molecule has 0 amide bonds. The summed E-state index contributed by atoms with van der Waals surface area (Å²) < 4.78 is 5.06. The van der Waals surface area contributed by atoms with Crippen LogP contribution in [0.4, 0.5) is 0 Å². The van der Waals surface area contributed by atoms with Crippen LogP contribution in [-0.4, -0.2) is 12.8 Å². The van der Waals surface area contributed by atoms with Crippen LogP contribution >= 0.6 is 0 Å². The van der Waals surface area contributed by atoms with Crippen molar-refractivity contribution >= 4 is 12.8 Å². The van der Waals surface area contributed by atoms with Gasteiger partial charge in [0.25, 0.3) is 0 Å². The number of allylic oxidation sites excluding steroid dienone is 4. The molecule has 0 spiro atoms. The van der Waals surface area contributed by atoms with Crippen molar-refractivity contribution in [1.82, 2.24) is 0 Å². The molecule has 0 saturated heterocycles. The van der Waals surface area contributed by atoms with Gasteiger partial charge in [-0.3, -0.25) is 0 Å². The Morgan fingerprint density at radius 1 is 0.944 bits per heavy atom. The van der Waals surface area contributed by atoms with Crippen LogP contribution in [0.3, 0.4) is 0 Å². The molecule has 97 valence electrons. The molecule has 1 aliphatic carbocycles. The van der Waals surface area contributed by atoms with Crippen LogP contribution in [0.5, 0.6) is 0 Å². The summed E-state index contributed by atoms with van der Waals surface area (Å²) in [5.74, 6) is 0. The average molecular weight is 417 g/mol. The molecule has 3 nitrogen and oxygen atoms in total. The molecule has 0 aromatic rings. The van der Waals surface area contributed by atoms with E-state index in [1.54, 1.807) is 12.8 Å². The van der Waals surface area contributed by atoms with Crippen molar-refractivity contribution in [1.29, 1.82) is 0 Å². The molecule has 4 heteroatoms. The van der Waals surface area contributed by atoms with E-state index in [0.717, 1.165) is 11.1 Å². The van der Waals surface area contributed by atoms with E-state index in [1.807, 2.05) is 20.8 Å². The van der Waals surface area contributed by atoms with Crippen LogP contribution in [0.2, 0.25) is 4.81 Å². The van der Waals surface area contributed by atoms with Gasteiger partial charge in [-0.2, -0.15) is 0 Å². The van der Waals surface area contributed by atoms with E-state index in [1.165, 1.54) is 11.1 Å². The third kappa shape index (κ3) is 2.12. The molecule has 1 aliphatic rings. The van der Waals surface area contributed by atoms with Crippen molar-refractivity contribution in [3.63, 3.8) is 0 Å². The average Bonchev–Trinajstić information content (AvgIpc) is 2.50. The maximum absolute atomic E-state index is 11.0. The quantitative estimate of drug-likeness (QED) is 0.694. The molecule has 0 atom stereocenters. The number of hydrogen-bond acceptors (Lipinski definition) is 3. The summed E-state index contributed by atoms with van der Waals surface area (Å²) in [5, 5.41) is 0. The van der Waals surface area contributed by atoms with Gasteiger partial charge in [0.1, 0.15) is 0 Å². The number of carbonyl (C=O) groups excluding carboxylic acids is 3. The van der Waals surface area contributed by atoms with Crippen molar-refractivity contribution in [2.75, 3.05) is 0 Å². The van der Waals surface area contributed by atoms with Crippen molar-refractivity contribution in [2.45, 2.75) is 39.4 Å². The minimum atomic E-state index is -4.26. The van der Waals surface area contributed by atoms with E-state index in [0.29, 0.717) is 0 Å². The topological polar surface area (TPSA) is 51.2 Å². The molecule has 1 rings (SSSR count). The zero-order valence-electron chi connectivity index (χ0n) is 11.3. The molecule has 0 unspecified atom stereocenters. The van der Waals surface area contributed by atoms with Crippen molar-refractivity contribution in [3.05, 3.63) is 22.3 Å². The SMILES string of the molecule is CC1=C(C)C(C)(C)C([CH2][W](=[C]=O)(=[C]=O)=[C]=O)=C1C. The van der Waals surface area contributed by atoms with Gasteiger partial charge in [-0.1, -0.05) is 0 Å². The van der Waals surface area contributed by atoms with E-state index >= 15 is 0 Å². The first-order chi connectivity index (χ1) is 8.25. The van der Waals surface area contributed by atoms with Crippen LogP contribution in [0.25, 0.3) is 0 Å². The van der Waals surface area contributed by atoms with Gasteiger partial charge in [-0.25, -0.2) is 0 Å². The Morgan fingerprint density at radius 2 is 1.39 bits per heavy atom. The third-order valence-corrected chi connectivity index (χ3v) is 9.72. The molecule has 0 fully saturated rings. The summed E-state index contributed by atoms with van der Waals surface area (Å²) in [6.07, 6.45) is 0. The number of rotatable bonds is 2. The monoisotopic (exact) mass is 417 g/mol. The van der Waals surface area contributed by atoms with Crippen molar-refractivity contribution in [3.8, 4) is 0 Å². The Morgan fingerprint density at radius 3 is 1.67 bits per heavy atom. The molecule has 18 heavy (non-hydrogen) atoms. The Kier molecular flexibility index (Phi) is 4.06. The first kappa shape index (κ1) is 15.0. The van der Waals surface area contributed by atoms with Crippen LogP contribution < -0.4 is 0 Å². The summed E-state index contributed by atoms with van der Waals surface area (Å²) in [6, 6.07) is 0. The molecule has 0 saturated carbocycles.